The number of rotatable bonds is 1. The van der Waals surface area contributed by atoms with Crippen molar-refractivity contribution >= 4 is 29.3 Å². The highest BCUT2D eigenvalue weighted by atomic mass is 35.5. The molecule has 7 heteroatoms. The van der Waals surface area contributed by atoms with Crippen LogP contribution >= 0.6 is 11.6 Å². The van der Waals surface area contributed by atoms with Gasteiger partial charge in [-0.2, -0.15) is 4.99 Å². The monoisotopic (exact) mass is 334 g/mol. The van der Waals surface area contributed by atoms with Crippen molar-refractivity contribution in [3.8, 4) is 0 Å². The summed E-state index contributed by atoms with van der Waals surface area (Å²) in [5, 5.41) is 0.502. The Morgan fingerprint density at radius 3 is 2.83 bits per heavy atom. The first-order valence-corrected chi connectivity index (χ1v) is 7.96. The lowest BCUT2D eigenvalue weighted by Crippen LogP contribution is -2.41. The van der Waals surface area contributed by atoms with Gasteiger partial charge in [-0.15, -0.1) is 0 Å². The number of hydrogen-bond acceptors (Lipinski definition) is 3. The van der Waals surface area contributed by atoms with E-state index in [0.29, 0.717) is 17.2 Å². The van der Waals surface area contributed by atoms with Crippen LogP contribution < -0.4 is 11.5 Å². The minimum atomic E-state index is -0.445. The van der Waals surface area contributed by atoms with Gasteiger partial charge in [-0.1, -0.05) is 24.6 Å². The summed E-state index contributed by atoms with van der Waals surface area (Å²) < 4.78 is 0. The van der Waals surface area contributed by atoms with Crippen LogP contribution in [0.15, 0.2) is 39.4 Å². The van der Waals surface area contributed by atoms with Crippen molar-refractivity contribution in [2.24, 2.45) is 28.3 Å². The lowest BCUT2D eigenvalue weighted by Gasteiger charge is -2.35. The molecule has 1 saturated heterocycles. The highest BCUT2D eigenvalue weighted by molar-refractivity contribution is 6.31. The second-order valence-corrected chi connectivity index (χ2v) is 6.63. The molecule has 0 radical (unpaired) electrons. The number of ketones is 1. The molecule has 2 aliphatic heterocycles. The number of allylic oxidation sites excluding steroid dienone is 1. The van der Waals surface area contributed by atoms with E-state index in [1.54, 1.807) is 0 Å². The molecule has 6 nitrogen and oxygen atoms in total. The van der Waals surface area contributed by atoms with Gasteiger partial charge in [0.2, 0.25) is 0 Å². The summed E-state index contributed by atoms with van der Waals surface area (Å²) >= 11 is 6.30. The normalized spacial score (nSPS) is 30.4. The molecule has 0 aromatic carbocycles. The number of hydrogen-bond donors (Lipinski definition) is 2. The third-order valence-electron chi connectivity index (χ3n) is 4.65. The molecular weight excluding hydrogens is 316 g/mol. The lowest BCUT2D eigenvalue weighted by atomic mass is 9.79. The van der Waals surface area contributed by atoms with Crippen LogP contribution in [0.1, 0.15) is 13.3 Å². The van der Waals surface area contributed by atoms with Gasteiger partial charge < -0.3 is 11.5 Å². The predicted molar refractivity (Wildman–Crippen MR) is 88.6 cm³/mol. The van der Waals surface area contributed by atoms with Crippen LogP contribution in [-0.2, 0) is 9.59 Å². The Balaban J connectivity index is 2.04. The third-order valence-corrected chi connectivity index (χ3v) is 5.09. The Labute approximate surface area is 139 Å². The van der Waals surface area contributed by atoms with Crippen molar-refractivity contribution in [2.45, 2.75) is 19.4 Å². The standard InChI is InChI=1S/C16H19ClN4O2/c1-8-12-5-10(15(23)20-16(18)19)4-9-2-3-21(14(9)12)7-11(22)6-13(8)17/h4-6,8-9,14H,2-3,7H2,1H3,(H4,18,19,20,23). The van der Waals surface area contributed by atoms with E-state index in [1.807, 2.05) is 19.1 Å². The van der Waals surface area contributed by atoms with Crippen molar-refractivity contribution in [1.29, 1.82) is 0 Å². The molecule has 122 valence electrons. The van der Waals surface area contributed by atoms with Gasteiger partial charge in [-0.25, -0.2) is 0 Å². The van der Waals surface area contributed by atoms with Gasteiger partial charge in [0.05, 0.1) is 6.54 Å². The Morgan fingerprint density at radius 1 is 1.39 bits per heavy atom. The highest BCUT2D eigenvalue weighted by Crippen LogP contribution is 2.42. The van der Waals surface area contributed by atoms with Crippen LogP contribution in [0.25, 0.3) is 0 Å². The molecule has 0 aromatic rings. The molecule has 0 spiro atoms. The fourth-order valence-electron chi connectivity index (χ4n) is 3.62. The van der Waals surface area contributed by atoms with E-state index in [-0.39, 0.29) is 29.6 Å². The van der Waals surface area contributed by atoms with Crippen LogP contribution in [0.4, 0.5) is 0 Å². The quantitative estimate of drug-likeness (QED) is 0.542. The van der Waals surface area contributed by atoms with E-state index in [9.17, 15) is 9.59 Å². The first kappa shape index (κ1) is 16.0. The summed E-state index contributed by atoms with van der Waals surface area (Å²) in [5.41, 5.74) is 12.1. The molecule has 0 aromatic heterocycles. The molecule has 0 bridgehead atoms. The molecule has 23 heavy (non-hydrogen) atoms. The number of aliphatic imine (C=N–C) groups is 1. The summed E-state index contributed by atoms with van der Waals surface area (Å²) in [4.78, 5) is 30.0. The van der Waals surface area contributed by atoms with Crippen molar-refractivity contribution in [3.63, 3.8) is 0 Å². The van der Waals surface area contributed by atoms with Crippen molar-refractivity contribution in [1.82, 2.24) is 4.90 Å². The molecule has 3 aliphatic rings. The van der Waals surface area contributed by atoms with Gasteiger partial charge in [0.15, 0.2) is 11.7 Å². The number of amides is 1. The number of carbonyl (C=O) groups excluding carboxylic acids is 2. The van der Waals surface area contributed by atoms with Crippen LogP contribution in [0.2, 0.25) is 0 Å². The molecule has 0 saturated carbocycles. The number of carbonyl (C=O) groups is 2. The van der Waals surface area contributed by atoms with Crippen LogP contribution in [-0.4, -0.2) is 41.7 Å². The Morgan fingerprint density at radius 2 is 2.13 bits per heavy atom. The summed E-state index contributed by atoms with van der Waals surface area (Å²) in [6.07, 6.45) is 6.12. The zero-order chi connectivity index (χ0) is 16.7. The number of guanidine groups is 1. The predicted octanol–water partition coefficient (Wildman–Crippen LogP) is 0.685. The molecule has 3 atom stereocenters. The molecule has 1 aliphatic carbocycles. The summed E-state index contributed by atoms with van der Waals surface area (Å²) in [5.74, 6) is -0.628. The van der Waals surface area contributed by atoms with E-state index >= 15 is 0 Å². The lowest BCUT2D eigenvalue weighted by molar-refractivity contribution is -0.116. The van der Waals surface area contributed by atoms with E-state index in [2.05, 4.69) is 9.89 Å². The van der Waals surface area contributed by atoms with Crippen molar-refractivity contribution in [3.05, 3.63) is 34.4 Å². The SMILES string of the molecule is CC1C(Cl)=CC(=O)CN2CCC3C=C(C(=O)N=C(N)N)C=C1C32. The first-order valence-electron chi connectivity index (χ1n) is 7.58. The molecule has 3 rings (SSSR count). The van der Waals surface area contributed by atoms with Crippen LogP contribution in [0.3, 0.4) is 0 Å². The van der Waals surface area contributed by atoms with Crippen LogP contribution in [0.5, 0.6) is 0 Å². The Kier molecular flexibility index (Phi) is 4.12. The van der Waals surface area contributed by atoms with Crippen LogP contribution in [0, 0.1) is 11.8 Å². The second-order valence-electron chi connectivity index (χ2n) is 6.19. The minimum Gasteiger partial charge on any atom is -0.370 e. The van der Waals surface area contributed by atoms with E-state index in [0.717, 1.165) is 18.5 Å². The maximum Gasteiger partial charge on any atom is 0.279 e. The second kappa shape index (κ2) is 5.94. The number of halogens is 1. The summed E-state index contributed by atoms with van der Waals surface area (Å²) in [6, 6.07) is 0.104. The van der Waals surface area contributed by atoms with E-state index < -0.39 is 5.91 Å². The molecule has 1 fully saturated rings. The summed E-state index contributed by atoms with van der Waals surface area (Å²) in [6.45, 7) is 3.12. The zero-order valence-corrected chi connectivity index (χ0v) is 13.6. The Bertz CT molecular complexity index is 688. The van der Waals surface area contributed by atoms with Crippen molar-refractivity contribution < 1.29 is 9.59 Å². The molecule has 1 amide bonds. The van der Waals surface area contributed by atoms with Gasteiger partial charge >= 0.3 is 0 Å². The maximum atomic E-state index is 12.2. The highest BCUT2D eigenvalue weighted by Gasteiger charge is 2.41. The third kappa shape index (κ3) is 2.96. The van der Waals surface area contributed by atoms with E-state index in [1.165, 1.54) is 6.08 Å². The topological polar surface area (TPSA) is 102 Å². The average Bonchev–Trinajstić information content (AvgIpc) is 2.86. The van der Waals surface area contributed by atoms with Gasteiger partial charge in [0.1, 0.15) is 0 Å². The molecule has 3 unspecified atom stereocenters. The smallest absolute Gasteiger partial charge is 0.279 e. The van der Waals surface area contributed by atoms with Gasteiger partial charge in [-0.3, -0.25) is 14.5 Å². The number of nitrogens with two attached hydrogens (primary N) is 2. The first-order chi connectivity index (χ1) is 10.9. The van der Waals surface area contributed by atoms with Gasteiger partial charge in [0, 0.05) is 22.6 Å². The molecule has 2 heterocycles. The minimum absolute atomic E-state index is 0.0212. The Hall–Kier alpha value is -1.92. The fourth-order valence-corrected chi connectivity index (χ4v) is 3.86. The summed E-state index contributed by atoms with van der Waals surface area (Å²) in [7, 11) is 0. The fraction of sp³-hybridized carbons (Fsp3) is 0.438. The maximum absolute atomic E-state index is 12.2. The average molecular weight is 335 g/mol. The largest absolute Gasteiger partial charge is 0.370 e. The van der Waals surface area contributed by atoms with E-state index in [4.69, 9.17) is 23.1 Å². The zero-order valence-electron chi connectivity index (χ0n) is 12.8. The molecular formula is C16H19ClN4O2. The molecule has 4 N–H and O–H groups in total. The van der Waals surface area contributed by atoms with Crippen molar-refractivity contribution in [2.75, 3.05) is 13.1 Å². The van der Waals surface area contributed by atoms with Gasteiger partial charge in [-0.05, 0) is 36.6 Å². The number of nitrogens with zero attached hydrogens (tertiary/aromatic N) is 2. The van der Waals surface area contributed by atoms with Gasteiger partial charge in [0.25, 0.3) is 5.91 Å².